The Balaban J connectivity index is 2.58. The second-order valence-corrected chi connectivity index (χ2v) is 6.23. The lowest BCUT2D eigenvalue weighted by Gasteiger charge is -1.99. The van der Waals surface area contributed by atoms with Crippen LogP contribution in [-0.4, -0.2) is 26.5 Å². The zero-order valence-corrected chi connectivity index (χ0v) is 7.98. The molecule has 66 valence electrons. The van der Waals surface area contributed by atoms with Crippen LogP contribution in [0.5, 0.6) is 0 Å². The molecule has 0 aromatic heterocycles. The van der Waals surface area contributed by atoms with Gasteiger partial charge in [-0.2, -0.15) is 0 Å². The number of sulfone groups is 1. The van der Waals surface area contributed by atoms with Crippen LogP contribution < -0.4 is 5.73 Å². The van der Waals surface area contributed by atoms with Crippen molar-refractivity contribution in [3.05, 3.63) is 0 Å². The first kappa shape index (κ1) is 9.00. The standard InChI is InChI=1S/C7H15NO2S/c1-7(2)5(6(7)8)4-11(3,9)10/h5-6H,4,8H2,1-3H3/t5-,6-/m1/s1. The van der Waals surface area contributed by atoms with E-state index in [0.717, 1.165) is 0 Å². The van der Waals surface area contributed by atoms with E-state index in [-0.39, 0.29) is 23.1 Å². The first-order valence-electron chi connectivity index (χ1n) is 3.68. The van der Waals surface area contributed by atoms with Crippen LogP contribution in [0.15, 0.2) is 0 Å². The minimum Gasteiger partial charge on any atom is -0.327 e. The van der Waals surface area contributed by atoms with Gasteiger partial charge in [0.25, 0.3) is 0 Å². The summed E-state index contributed by atoms with van der Waals surface area (Å²) in [5.74, 6) is 0.402. The van der Waals surface area contributed by atoms with Gasteiger partial charge in [-0.1, -0.05) is 13.8 Å². The Morgan fingerprint density at radius 1 is 1.45 bits per heavy atom. The van der Waals surface area contributed by atoms with E-state index in [1.54, 1.807) is 0 Å². The second-order valence-electron chi connectivity index (χ2n) is 4.05. The molecule has 2 atom stereocenters. The predicted octanol–water partition coefficient (Wildman–Crippen LogP) is 0.0143. The van der Waals surface area contributed by atoms with Gasteiger partial charge in [0.2, 0.25) is 0 Å². The SMILES string of the molecule is CC1(C)[C@H](N)[C@H]1CS(C)(=O)=O. The van der Waals surface area contributed by atoms with Crippen molar-refractivity contribution in [2.75, 3.05) is 12.0 Å². The van der Waals surface area contributed by atoms with E-state index in [2.05, 4.69) is 0 Å². The lowest BCUT2D eigenvalue weighted by atomic mass is 10.1. The third-order valence-corrected chi connectivity index (χ3v) is 3.59. The molecule has 1 rings (SSSR count). The molecule has 3 nitrogen and oxygen atoms in total. The molecule has 0 amide bonds. The molecule has 4 heteroatoms. The summed E-state index contributed by atoms with van der Waals surface area (Å²) >= 11 is 0. The molecule has 0 aromatic carbocycles. The fourth-order valence-electron chi connectivity index (χ4n) is 1.43. The summed E-state index contributed by atoms with van der Waals surface area (Å²) in [5.41, 5.74) is 5.72. The zero-order valence-electron chi connectivity index (χ0n) is 7.16. The van der Waals surface area contributed by atoms with Crippen LogP contribution in [0.25, 0.3) is 0 Å². The topological polar surface area (TPSA) is 60.2 Å². The summed E-state index contributed by atoms with van der Waals surface area (Å²) in [6, 6.07) is 0.0669. The van der Waals surface area contributed by atoms with Crippen LogP contribution in [0.2, 0.25) is 0 Å². The average molecular weight is 177 g/mol. The number of nitrogens with two attached hydrogens (primary N) is 1. The maximum atomic E-state index is 10.9. The Bertz CT molecular complexity index is 256. The number of hydrogen-bond donors (Lipinski definition) is 1. The van der Waals surface area contributed by atoms with Crippen LogP contribution in [-0.2, 0) is 9.84 Å². The molecule has 11 heavy (non-hydrogen) atoms. The number of hydrogen-bond acceptors (Lipinski definition) is 3. The molecule has 0 radical (unpaired) electrons. The minimum absolute atomic E-state index is 0.0308. The van der Waals surface area contributed by atoms with Crippen molar-refractivity contribution in [2.45, 2.75) is 19.9 Å². The van der Waals surface area contributed by atoms with Crippen LogP contribution in [0.4, 0.5) is 0 Å². The lowest BCUT2D eigenvalue weighted by Crippen LogP contribution is -2.11. The Morgan fingerprint density at radius 3 is 1.91 bits per heavy atom. The third kappa shape index (κ3) is 1.73. The molecule has 2 N–H and O–H groups in total. The molecule has 0 aromatic rings. The molecule has 0 spiro atoms. The minimum atomic E-state index is -2.84. The highest BCUT2D eigenvalue weighted by Gasteiger charge is 2.56. The molecule has 1 saturated carbocycles. The smallest absolute Gasteiger partial charge is 0.147 e. The molecule has 0 aliphatic heterocycles. The zero-order chi connectivity index (χ0) is 8.86. The Morgan fingerprint density at radius 2 is 1.82 bits per heavy atom. The highest BCUT2D eigenvalue weighted by atomic mass is 32.2. The van der Waals surface area contributed by atoms with Crippen LogP contribution in [0, 0.1) is 11.3 Å². The van der Waals surface area contributed by atoms with Crippen molar-refractivity contribution in [3.8, 4) is 0 Å². The molecule has 1 fully saturated rings. The van der Waals surface area contributed by atoms with E-state index in [0.29, 0.717) is 0 Å². The fraction of sp³-hybridized carbons (Fsp3) is 1.00. The summed E-state index contributed by atoms with van der Waals surface area (Å²) in [6.45, 7) is 4.01. The molecule has 1 aliphatic carbocycles. The van der Waals surface area contributed by atoms with Crippen molar-refractivity contribution in [2.24, 2.45) is 17.1 Å². The Kier molecular flexibility index (Phi) is 1.80. The fourth-order valence-corrected chi connectivity index (χ4v) is 2.72. The van der Waals surface area contributed by atoms with Gasteiger partial charge in [0, 0.05) is 12.3 Å². The first-order valence-corrected chi connectivity index (χ1v) is 5.74. The largest absolute Gasteiger partial charge is 0.327 e. The van der Waals surface area contributed by atoms with Crippen LogP contribution in [0.1, 0.15) is 13.8 Å². The van der Waals surface area contributed by atoms with Gasteiger partial charge < -0.3 is 5.73 Å². The third-order valence-electron chi connectivity index (χ3n) is 2.62. The molecular formula is C7H15NO2S. The highest BCUT2D eigenvalue weighted by molar-refractivity contribution is 7.90. The van der Waals surface area contributed by atoms with E-state index >= 15 is 0 Å². The van der Waals surface area contributed by atoms with Crippen molar-refractivity contribution >= 4 is 9.84 Å². The van der Waals surface area contributed by atoms with Gasteiger partial charge in [-0.3, -0.25) is 0 Å². The van der Waals surface area contributed by atoms with Crippen LogP contribution >= 0.6 is 0 Å². The molecule has 1 aliphatic rings. The molecule has 0 saturated heterocycles. The van der Waals surface area contributed by atoms with Crippen molar-refractivity contribution in [1.82, 2.24) is 0 Å². The van der Waals surface area contributed by atoms with Gasteiger partial charge in [0.1, 0.15) is 9.84 Å². The second kappa shape index (κ2) is 2.20. The maximum Gasteiger partial charge on any atom is 0.147 e. The number of rotatable bonds is 2. The Labute approximate surface area is 67.9 Å². The van der Waals surface area contributed by atoms with Crippen molar-refractivity contribution in [3.63, 3.8) is 0 Å². The summed E-state index contributed by atoms with van der Waals surface area (Å²) < 4.78 is 21.7. The molecule has 0 heterocycles. The van der Waals surface area contributed by atoms with Crippen molar-refractivity contribution < 1.29 is 8.42 Å². The van der Waals surface area contributed by atoms with E-state index in [9.17, 15) is 8.42 Å². The van der Waals surface area contributed by atoms with E-state index < -0.39 is 9.84 Å². The van der Waals surface area contributed by atoms with Gasteiger partial charge in [0.05, 0.1) is 5.75 Å². The van der Waals surface area contributed by atoms with Gasteiger partial charge in [0.15, 0.2) is 0 Å². The first-order chi connectivity index (χ1) is 4.75. The summed E-state index contributed by atoms with van der Waals surface area (Å²) in [5, 5.41) is 0. The van der Waals surface area contributed by atoms with Crippen LogP contribution in [0.3, 0.4) is 0 Å². The predicted molar refractivity (Wildman–Crippen MR) is 45.0 cm³/mol. The summed E-state index contributed by atoms with van der Waals surface area (Å²) in [6.07, 6.45) is 1.26. The van der Waals surface area contributed by atoms with Gasteiger partial charge >= 0.3 is 0 Å². The van der Waals surface area contributed by atoms with E-state index in [4.69, 9.17) is 5.73 Å². The highest BCUT2D eigenvalue weighted by Crippen LogP contribution is 2.50. The van der Waals surface area contributed by atoms with Gasteiger partial charge in [-0.25, -0.2) is 8.42 Å². The van der Waals surface area contributed by atoms with Gasteiger partial charge in [-0.05, 0) is 11.3 Å². The average Bonchev–Trinajstić information content (AvgIpc) is 2.14. The Hall–Kier alpha value is -0.0900. The normalized spacial score (nSPS) is 35.3. The monoisotopic (exact) mass is 177 g/mol. The maximum absolute atomic E-state index is 10.9. The van der Waals surface area contributed by atoms with E-state index in [1.165, 1.54) is 6.26 Å². The van der Waals surface area contributed by atoms with E-state index in [1.807, 2.05) is 13.8 Å². The molecule has 0 unspecified atom stereocenters. The quantitative estimate of drug-likeness (QED) is 0.646. The summed E-state index contributed by atoms with van der Waals surface area (Å²) in [7, 11) is -2.84. The van der Waals surface area contributed by atoms with Gasteiger partial charge in [-0.15, -0.1) is 0 Å². The summed E-state index contributed by atoms with van der Waals surface area (Å²) in [4.78, 5) is 0. The molecular weight excluding hydrogens is 162 g/mol. The lowest BCUT2D eigenvalue weighted by molar-refractivity contribution is 0.559. The van der Waals surface area contributed by atoms with Crippen molar-refractivity contribution in [1.29, 1.82) is 0 Å². The molecule has 0 bridgehead atoms.